The molecule has 0 radical (unpaired) electrons. The molecule has 1 rings (SSSR count). The molecule has 1 amide bonds. The molecule has 0 atom stereocenters. The van der Waals surface area contributed by atoms with Gasteiger partial charge in [-0.15, -0.1) is 0 Å². The quantitative estimate of drug-likeness (QED) is 0.425. The SMILES string of the molecule is [N-]=[N+]=NCC1CCC(CNC(=O)O)CC1. The van der Waals surface area contributed by atoms with Crippen LogP contribution in [0.25, 0.3) is 10.4 Å². The van der Waals surface area contributed by atoms with Crippen LogP contribution in [0.4, 0.5) is 4.79 Å². The highest BCUT2D eigenvalue weighted by Crippen LogP contribution is 2.28. The van der Waals surface area contributed by atoms with E-state index in [4.69, 9.17) is 10.6 Å². The van der Waals surface area contributed by atoms with E-state index in [1.807, 2.05) is 0 Å². The van der Waals surface area contributed by atoms with Crippen molar-refractivity contribution in [2.45, 2.75) is 25.7 Å². The van der Waals surface area contributed by atoms with E-state index in [9.17, 15) is 4.79 Å². The van der Waals surface area contributed by atoms with Crippen LogP contribution in [0.15, 0.2) is 5.11 Å². The van der Waals surface area contributed by atoms with Crippen molar-refractivity contribution in [3.05, 3.63) is 10.4 Å². The van der Waals surface area contributed by atoms with Gasteiger partial charge in [-0.3, -0.25) is 0 Å². The van der Waals surface area contributed by atoms with Crippen LogP contribution in [-0.2, 0) is 0 Å². The van der Waals surface area contributed by atoms with Crippen LogP contribution in [0, 0.1) is 11.8 Å². The number of carboxylic acid groups (broad SMARTS) is 1. The van der Waals surface area contributed by atoms with Gasteiger partial charge in [0.25, 0.3) is 0 Å². The van der Waals surface area contributed by atoms with E-state index in [-0.39, 0.29) is 0 Å². The molecule has 6 heteroatoms. The topological polar surface area (TPSA) is 98.1 Å². The van der Waals surface area contributed by atoms with E-state index in [0.717, 1.165) is 25.7 Å². The van der Waals surface area contributed by atoms with Crippen molar-refractivity contribution in [3.63, 3.8) is 0 Å². The zero-order valence-corrected chi connectivity index (χ0v) is 8.59. The second-order valence-electron chi connectivity index (χ2n) is 3.99. The molecule has 0 bridgehead atoms. The summed E-state index contributed by atoms with van der Waals surface area (Å²) in [5.74, 6) is 0.936. The summed E-state index contributed by atoms with van der Waals surface area (Å²) in [5.41, 5.74) is 8.18. The van der Waals surface area contributed by atoms with Crippen LogP contribution >= 0.6 is 0 Å². The maximum Gasteiger partial charge on any atom is 0.404 e. The zero-order chi connectivity index (χ0) is 11.1. The first-order chi connectivity index (χ1) is 7.22. The smallest absolute Gasteiger partial charge is 0.404 e. The maximum absolute atomic E-state index is 10.3. The third-order valence-corrected chi connectivity index (χ3v) is 2.91. The molecule has 15 heavy (non-hydrogen) atoms. The number of hydrogen-bond donors (Lipinski definition) is 2. The molecule has 0 aromatic heterocycles. The van der Waals surface area contributed by atoms with Crippen LogP contribution in [0.5, 0.6) is 0 Å². The normalized spacial score (nSPS) is 25.3. The Kier molecular flexibility index (Phi) is 4.77. The molecule has 1 saturated carbocycles. The third kappa shape index (κ3) is 4.56. The lowest BCUT2D eigenvalue weighted by molar-refractivity contribution is 0.188. The minimum absolute atomic E-state index is 0.448. The zero-order valence-electron chi connectivity index (χ0n) is 8.59. The molecule has 0 aliphatic heterocycles. The standard InChI is InChI=1S/C9H16N4O2/c10-13-12-6-8-3-1-7(2-4-8)5-11-9(14)15/h7-8,11H,1-6H2,(H,14,15). The molecule has 0 aromatic carbocycles. The van der Waals surface area contributed by atoms with Crippen molar-refractivity contribution in [3.8, 4) is 0 Å². The van der Waals surface area contributed by atoms with E-state index in [1.165, 1.54) is 0 Å². The number of rotatable bonds is 4. The van der Waals surface area contributed by atoms with Crippen molar-refractivity contribution >= 4 is 6.09 Å². The van der Waals surface area contributed by atoms with Gasteiger partial charge in [0, 0.05) is 18.0 Å². The summed E-state index contributed by atoms with van der Waals surface area (Å²) in [6.45, 7) is 1.12. The monoisotopic (exact) mass is 212 g/mol. The van der Waals surface area contributed by atoms with Crippen molar-refractivity contribution in [2.24, 2.45) is 17.0 Å². The molecule has 1 fully saturated rings. The minimum atomic E-state index is -0.953. The largest absolute Gasteiger partial charge is 0.465 e. The average molecular weight is 212 g/mol. The lowest BCUT2D eigenvalue weighted by atomic mass is 9.82. The lowest BCUT2D eigenvalue weighted by Gasteiger charge is -2.27. The second-order valence-corrected chi connectivity index (χ2v) is 3.99. The molecule has 0 unspecified atom stereocenters. The van der Waals surface area contributed by atoms with Gasteiger partial charge < -0.3 is 10.4 Å². The fourth-order valence-corrected chi connectivity index (χ4v) is 2.00. The average Bonchev–Trinajstić information content (AvgIpc) is 2.25. The molecule has 2 N–H and O–H groups in total. The van der Waals surface area contributed by atoms with Crippen LogP contribution < -0.4 is 5.32 Å². The first-order valence-corrected chi connectivity index (χ1v) is 5.20. The maximum atomic E-state index is 10.3. The van der Waals surface area contributed by atoms with Crippen molar-refractivity contribution in [1.29, 1.82) is 0 Å². The summed E-state index contributed by atoms with van der Waals surface area (Å²) in [5, 5.41) is 14.4. The van der Waals surface area contributed by atoms with Gasteiger partial charge >= 0.3 is 6.09 Å². The number of nitrogens with zero attached hydrogens (tertiary/aromatic N) is 3. The second kappa shape index (κ2) is 6.14. The number of hydrogen-bond acceptors (Lipinski definition) is 2. The Balaban J connectivity index is 2.17. The Labute approximate surface area is 88.3 Å². The van der Waals surface area contributed by atoms with Crippen molar-refractivity contribution < 1.29 is 9.90 Å². The number of azide groups is 1. The van der Waals surface area contributed by atoms with E-state index in [2.05, 4.69) is 15.3 Å². The first-order valence-electron chi connectivity index (χ1n) is 5.20. The fraction of sp³-hybridized carbons (Fsp3) is 0.889. The van der Waals surface area contributed by atoms with Gasteiger partial charge in [0.05, 0.1) is 0 Å². The molecule has 0 spiro atoms. The molecular weight excluding hydrogens is 196 g/mol. The Morgan fingerprint density at radius 3 is 2.53 bits per heavy atom. The van der Waals surface area contributed by atoms with Crippen LogP contribution in [0.3, 0.4) is 0 Å². The summed E-state index contributed by atoms with van der Waals surface area (Å²) in [4.78, 5) is 13.0. The first kappa shape index (κ1) is 11.7. The summed E-state index contributed by atoms with van der Waals surface area (Å²) < 4.78 is 0. The summed E-state index contributed by atoms with van der Waals surface area (Å²) in [7, 11) is 0. The molecule has 0 saturated heterocycles. The number of amides is 1. The molecule has 0 aromatic rings. The molecule has 0 heterocycles. The molecular formula is C9H16N4O2. The molecule has 6 nitrogen and oxygen atoms in total. The third-order valence-electron chi connectivity index (χ3n) is 2.91. The van der Waals surface area contributed by atoms with Crippen LogP contribution in [0.2, 0.25) is 0 Å². The minimum Gasteiger partial charge on any atom is -0.465 e. The molecule has 1 aliphatic rings. The highest BCUT2D eigenvalue weighted by atomic mass is 16.4. The summed E-state index contributed by atoms with van der Waals surface area (Å²) in [6, 6.07) is 0. The van der Waals surface area contributed by atoms with Gasteiger partial charge in [-0.05, 0) is 43.1 Å². The summed E-state index contributed by atoms with van der Waals surface area (Å²) >= 11 is 0. The summed E-state index contributed by atoms with van der Waals surface area (Å²) in [6.07, 6.45) is 3.15. The highest BCUT2D eigenvalue weighted by molar-refractivity contribution is 5.64. The fourth-order valence-electron chi connectivity index (χ4n) is 2.00. The van der Waals surface area contributed by atoms with E-state index in [0.29, 0.717) is 24.9 Å². The molecule has 1 aliphatic carbocycles. The predicted octanol–water partition coefficient (Wildman–Crippen LogP) is 2.37. The van der Waals surface area contributed by atoms with E-state index in [1.54, 1.807) is 0 Å². The van der Waals surface area contributed by atoms with Crippen LogP contribution in [-0.4, -0.2) is 24.3 Å². The van der Waals surface area contributed by atoms with Gasteiger partial charge in [-0.1, -0.05) is 5.11 Å². The number of nitrogens with one attached hydrogen (secondary N) is 1. The van der Waals surface area contributed by atoms with E-state index >= 15 is 0 Å². The Bertz CT molecular complexity index is 255. The van der Waals surface area contributed by atoms with Gasteiger partial charge in [-0.25, -0.2) is 4.79 Å². The van der Waals surface area contributed by atoms with Crippen molar-refractivity contribution in [2.75, 3.05) is 13.1 Å². The van der Waals surface area contributed by atoms with Gasteiger partial charge in [-0.2, -0.15) is 0 Å². The lowest BCUT2D eigenvalue weighted by Crippen LogP contribution is -2.30. The van der Waals surface area contributed by atoms with Gasteiger partial charge in [0.15, 0.2) is 0 Å². The van der Waals surface area contributed by atoms with Gasteiger partial charge in [0.2, 0.25) is 0 Å². The number of carbonyl (C=O) groups is 1. The highest BCUT2D eigenvalue weighted by Gasteiger charge is 2.20. The predicted molar refractivity (Wildman–Crippen MR) is 55.5 cm³/mol. The van der Waals surface area contributed by atoms with E-state index < -0.39 is 6.09 Å². The Morgan fingerprint density at radius 2 is 2.00 bits per heavy atom. The Morgan fingerprint density at radius 1 is 1.40 bits per heavy atom. The Hall–Kier alpha value is -1.42. The van der Waals surface area contributed by atoms with Gasteiger partial charge in [0.1, 0.15) is 0 Å². The molecule has 84 valence electrons. The van der Waals surface area contributed by atoms with Crippen molar-refractivity contribution in [1.82, 2.24) is 5.32 Å². The van der Waals surface area contributed by atoms with Crippen LogP contribution in [0.1, 0.15) is 25.7 Å².